The molecule has 1 saturated heterocycles. The quantitative estimate of drug-likeness (QED) is 0.373. The van der Waals surface area contributed by atoms with E-state index in [0.717, 1.165) is 53.9 Å². The number of rotatable bonds is 7. The number of piperidine rings is 1. The van der Waals surface area contributed by atoms with Crippen molar-refractivity contribution in [1.29, 1.82) is 0 Å². The van der Waals surface area contributed by atoms with Gasteiger partial charge in [0, 0.05) is 42.1 Å². The first-order valence-corrected chi connectivity index (χ1v) is 14.1. The number of furan rings is 1. The highest BCUT2D eigenvalue weighted by molar-refractivity contribution is 5.94. The summed E-state index contributed by atoms with van der Waals surface area (Å²) in [5.74, 6) is 1.67. The van der Waals surface area contributed by atoms with Gasteiger partial charge in [0.05, 0.1) is 12.9 Å². The zero-order chi connectivity index (χ0) is 27.9. The lowest BCUT2D eigenvalue weighted by molar-refractivity contribution is -0.163. The van der Waals surface area contributed by atoms with E-state index in [4.69, 9.17) is 13.9 Å². The molecule has 2 fully saturated rings. The third-order valence-corrected chi connectivity index (χ3v) is 9.32. The molecule has 0 radical (unpaired) electrons. The number of likely N-dealkylation sites (tertiary alicyclic amines) is 1. The molecule has 0 bridgehead atoms. The maximum atomic E-state index is 12.5. The first kappa shape index (κ1) is 26.4. The Labute approximate surface area is 234 Å². The topological polar surface area (TPSA) is 101 Å². The number of nitrogens with zero attached hydrogens (tertiary/aromatic N) is 1. The predicted octanol–water partition coefficient (Wildman–Crippen LogP) is 6.10. The van der Waals surface area contributed by atoms with Gasteiger partial charge < -0.3 is 29.2 Å². The molecule has 1 saturated carbocycles. The summed E-state index contributed by atoms with van der Waals surface area (Å²) in [6.45, 7) is 5.75. The minimum absolute atomic E-state index is 0.0156. The van der Waals surface area contributed by atoms with Crippen LogP contribution in [0.5, 0.6) is 5.75 Å². The van der Waals surface area contributed by atoms with Crippen LogP contribution in [0.3, 0.4) is 0 Å². The van der Waals surface area contributed by atoms with Crippen LogP contribution in [0.2, 0.25) is 0 Å². The van der Waals surface area contributed by atoms with E-state index in [1.54, 1.807) is 11.2 Å². The second kappa shape index (κ2) is 10.3. The van der Waals surface area contributed by atoms with Crippen LogP contribution in [0.25, 0.3) is 11.1 Å². The lowest BCUT2D eigenvalue weighted by atomic mass is 9.71. The Bertz CT molecular complexity index is 1380. The normalized spacial score (nSPS) is 25.0. The zero-order valence-corrected chi connectivity index (χ0v) is 23.0. The van der Waals surface area contributed by atoms with E-state index in [1.165, 1.54) is 0 Å². The van der Waals surface area contributed by atoms with E-state index in [2.05, 4.69) is 25.2 Å². The van der Waals surface area contributed by atoms with Gasteiger partial charge in [-0.1, -0.05) is 25.1 Å². The first-order chi connectivity index (χ1) is 19.3. The van der Waals surface area contributed by atoms with Crippen molar-refractivity contribution >= 4 is 12.0 Å². The molecule has 3 atom stereocenters. The number of hydrogen-bond acceptors (Lipinski definition) is 5. The fraction of sp³-hybridized carbons (Fsp3) is 0.438. The lowest BCUT2D eigenvalue weighted by Gasteiger charge is -2.51. The molecule has 3 aliphatic rings. The average molecular weight is 545 g/mol. The fourth-order valence-corrected chi connectivity index (χ4v) is 6.32. The standard InChI is InChI=1S/C32H36N2O6/c1-31(13-14-31)32(2)19-24(12-16-34(32)30(36)37)29-39-20-25-18-23(9-10-27(25)40-29)21-5-7-22(8-6-21)28(35)33-15-11-26-4-3-17-38-26/h3-10,17-18,24,29H,11-16,19-20H2,1-2H3,(H,33,35)(H,36,37). The first-order valence-electron chi connectivity index (χ1n) is 14.1. The summed E-state index contributed by atoms with van der Waals surface area (Å²) in [5.41, 5.74) is 3.22. The highest BCUT2D eigenvalue weighted by Gasteiger charge is 2.60. The number of nitrogens with one attached hydrogen (secondary N) is 1. The monoisotopic (exact) mass is 544 g/mol. The van der Waals surface area contributed by atoms with Crippen LogP contribution in [-0.2, 0) is 17.8 Å². The Kier molecular flexibility index (Phi) is 6.82. The van der Waals surface area contributed by atoms with Crippen molar-refractivity contribution in [2.24, 2.45) is 11.3 Å². The van der Waals surface area contributed by atoms with Crippen LogP contribution < -0.4 is 10.1 Å². The van der Waals surface area contributed by atoms with Crippen LogP contribution >= 0.6 is 0 Å². The molecule has 2 N–H and O–H groups in total. The highest BCUT2D eigenvalue weighted by atomic mass is 16.7. The van der Waals surface area contributed by atoms with Crippen molar-refractivity contribution < 1.29 is 28.6 Å². The molecule has 3 aromatic rings. The number of hydrogen-bond donors (Lipinski definition) is 2. The molecule has 2 aliphatic heterocycles. The number of carbonyl (C=O) groups is 2. The van der Waals surface area contributed by atoms with Gasteiger partial charge in [0.15, 0.2) is 0 Å². The van der Waals surface area contributed by atoms with E-state index >= 15 is 0 Å². The van der Waals surface area contributed by atoms with E-state index in [0.29, 0.717) is 31.7 Å². The molecule has 8 nitrogen and oxygen atoms in total. The SMILES string of the molecule is CC1(C2(C)CC(C3OCc4cc(-c5ccc(C(=O)NCCc6ccco6)cc5)ccc4O3)CCN2C(=O)O)CC1. The van der Waals surface area contributed by atoms with Crippen molar-refractivity contribution in [2.75, 3.05) is 13.1 Å². The summed E-state index contributed by atoms with van der Waals surface area (Å²) in [6.07, 6.45) is 4.61. The number of carboxylic acid groups (broad SMARTS) is 1. The highest BCUT2D eigenvalue weighted by Crippen LogP contribution is 2.60. The molecule has 2 aromatic carbocycles. The minimum Gasteiger partial charge on any atom is -0.469 e. The van der Waals surface area contributed by atoms with Crippen LogP contribution in [0, 0.1) is 11.3 Å². The minimum atomic E-state index is -0.837. The molecule has 1 aliphatic carbocycles. The molecule has 210 valence electrons. The Morgan fingerprint density at radius 3 is 2.55 bits per heavy atom. The van der Waals surface area contributed by atoms with Crippen molar-refractivity contribution in [3.63, 3.8) is 0 Å². The number of benzene rings is 2. The van der Waals surface area contributed by atoms with Gasteiger partial charge in [0.25, 0.3) is 5.91 Å². The van der Waals surface area contributed by atoms with Gasteiger partial charge in [0.1, 0.15) is 11.5 Å². The van der Waals surface area contributed by atoms with Crippen molar-refractivity contribution in [3.8, 4) is 16.9 Å². The van der Waals surface area contributed by atoms with Crippen molar-refractivity contribution in [3.05, 3.63) is 77.7 Å². The third-order valence-electron chi connectivity index (χ3n) is 9.32. The van der Waals surface area contributed by atoms with Gasteiger partial charge >= 0.3 is 6.09 Å². The summed E-state index contributed by atoms with van der Waals surface area (Å²) in [6, 6.07) is 17.4. The number of fused-ring (bicyclic) bond motifs is 1. The van der Waals surface area contributed by atoms with Gasteiger partial charge in [-0.2, -0.15) is 0 Å². The van der Waals surface area contributed by atoms with E-state index in [9.17, 15) is 14.7 Å². The molecule has 2 amide bonds. The smallest absolute Gasteiger partial charge is 0.407 e. The van der Waals surface area contributed by atoms with E-state index in [1.807, 2.05) is 48.5 Å². The van der Waals surface area contributed by atoms with Crippen molar-refractivity contribution in [1.82, 2.24) is 10.2 Å². The van der Waals surface area contributed by atoms with Gasteiger partial charge in [-0.15, -0.1) is 0 Å². The van der Waals surface area contributed by atoms with E-state index < -0.39 is 11.6 Å². The molecule has 3 heterocycles. The van der Waals surface area contributed by atoms with Gasteiger partial charge in [-0.3, -0.25) is 4.79 Å². The van der Waals surface area contributed by atoms with Crippen LogP contribution in [0.15, 0.2) is 65.3 Å². The van der Waals surface area contributed by atoms with Gasteiger partial charge in [-0.05, 0) is 85.5 Å². The maximum Gasteiger partial charge on any atom is 0.407 e. The summed E-state index contributed by atoms with van der Waals surface area (Å²) >= 11 is 0. The van der Waals surface area contributed by atoms with Crippen molar-refractivity contribution in [2.45, 2.75) is 64.4 Å². The second-order valence-corrected chi connectivity index (χ2v) is 11.8. The van der Waals surface area contributed by atoms with Crippen LogP contribution in [0.1, 0.15) is 61.2 Å². The molecular weight excluding hydrogens is 508 g/mol. The second-order valence-electron chi connectivity index (χ2n) is 11.8. The molecule has 8 heteroatoms. The molecule has 3 unspecified atom stereocenters. The molecule has 0 spiro atoms. The Hall–Kier alpha value is -3.78. The number of ether oxygens (including phenoxy) is 2. The average Bonchev–Trinajstić information content (AvgIpc) is 3.52. The Morgan fingerprint density at radius 2 is 1.85 bits per heavy atom. The fourth-order valence-electron chi connectivity index (χ4n) is 6.32. The molecule has 40 heavy (non-hydrogen) atoms. The Balaban J connectivity index is 1.09. The molecular formula is C32H36N2O6. The van der Waals surface area contributed by atoms with Gasteiger partial charge in [-0.25, -0.2) is 4.79 Å². The summed E-state index contributed by atoms with van der Waals surface area (Å²) in [5, 5.41) is 12.8. The summed E-state index contributed by atoms with van der Waals surface area (Å²) in [4.78, 5) is 26.2. The Morgan fingerprint density at radius 1 is 1.07 bits per heavy atom. The third kappa shape index (κ3) is 4.96. The maximum absolute atomic E-state index is 12.5. The zero-order valence-electron chi connectivity index (χ0n) is 23.0. The number of amides is 2. The lowest BCUT2D eigenvalue weighted by Crippen LogP contribution is -2.60. The van der Waals surface area contributed by atoms with Crippen LogP contribution in [0.4, 0.5) is 4.79 Å². The summed E-state index contributed by atoms with van der Waals surface area (Å²) < 4.78 is 17.9. The number of carbonyl (C=O) groups excluding carboxylic acids is 1. The van der Waals surface area contributed by atoms with Gasteiger partial charge in [0.2, 0.25) is 6.29 Å². The van der Waals surface area contributed by atoms with E-state index in [-0.39, 0.29) is 23.5 Å². The van der Waals surface area contributed by atoms with Crippen LogP contribution in [-0.4, -0.2) is 46.9 Å². The molecule has 6 rings (SSSR count). The largest absolute Gasteiger partial charge is 0.469 e. The molecule has 1 aromatic heterocycles. The predicted molar refractivity (Wildman–Crippen MR) is 149 cm³/mol. The summed E-state index contributed by atoms with van der Waals surface area (Å²) in [7, 11) is 0.